The summed E-state index contributed by atoms with van der Waals surface area (Å²) in [5.41, 5.74) is 1.39. The molecule has 0 aliphatic rings. The molecular weight excluding hydrogens is 353 g/mol. The van der Waals surface area contributed by atoms with Crippen molar-refractivity contribution >= 4 is 40.6 Å². The summed E-state index contributed by atoms with van der Waals surface area (Å²) >= 11 is 11.9. The Balaban J connectivity index is 1.92. The summed E-state index contributed by atoms with van der Waals surface area (Å²) in [5, 5.41) is 14.0. The SMILES string of the molecule is CN(CCc1ccc([N+](=O)[O-])cc1)C(=O)Nc1cccc(Cl)c1Cl. The van der Waals surface area contributed by atoms with Crippen LogP contribution in [0.25, 0.3) is 0 Å². The first-order valence-corrected chi connectivity index (χ1v) is 7.83. The number of carbonyl (C=O) groups is 1. The Morgan fingerprint density at radius 2 is 1.88 bits per heavy atom. The lowest BCUT2D eigenvalue weighted by Crippen LogP contribution is -2.33. The highest BCUT2D eigenvalue weighted by Crippen LogP contribution is 2.29. The Labute approximate surface area is 149 Å². The van der Waals surface area contributed by atoms with Crippen LogP contribution in [-0.4, -0.2) is 29.4 Å². The highest BCUT2D eigenvalue weighted by Gasteiger charge is 2.12. The van der Waals surface area contributed by atoms with Crippen molar-refractivity contribution in [3.05, 3.63) is 68.2 Å². The first-order chi connectivity index (χ1) is 11.4. The number of anilines is 1. The zero-order valence-corrected chi connectivity index (χ0v) is 14.3. The van der Waals surface area contributed by atoms with Gasteiger partial charge in [-0.2, -0.15) is 0 Å². The van der Waals surface area contributed by atoms with E-state index in [1.165, 1.54) is 17.0 Å². The van der Waals surface area contributed by atoms with Crippen LogP contribution < -0.4 is 5.32 Å². The maximum absolute atomic E-state index is 12.2. The lowest BCUT2D eigenvalue weighted by Gasteiger charge is -2.18. The third-order valence-corrected chi connectivity index (χ3v) is 4.24. The molecular formula is C16H15Cl2N3O3. The van der Waals surface area contributed by atoms with Crippen molar-refractivity contribution in [3.8, 4) is 0 Å². The van der Waals surface area contributed by atoms with Gasteiger partial charge in [0.25, 0.3) is 5.69 Å². The van der Waals surface area contributed by atoms with Crippen molar-refractivity contribution in [1.82, 2.24) is 4.90 Å². The zero-order chi connectivity index (χ0) is 17.7. The van der Waals surface area contributed by atoms with Crippen LogP contribution in [0.4, 0.5) is 16.2 Å². The first-order valence-electron chi connectivity index (χ1n) is 7.08. The number of hydrogen-bond acceptors (Lipinski definition) is 3. The van der Waals surface area contributed by atoms with Crippen molar-refractivity contribution in [2.45, 2.75) is 6.42 Å². The molecule has 126 valence electrons. The monoisotopic (exact) mass is 367 g/mol. The zero-order valence-electron chi connectivity index (χ0n) is 12.8. The average molecular weight is 368 g/mol. The molecule has 0 aliphatic heterocycles. The fraction of sp³-hybridized carbons (Fsp3) is 0.188. The summed E-state index contributed by atoms with van der Waals surface area (Å²) in [6, 6.07) is 10.9. The van der Waals surface area contributed by atoms with Gasteiger partial charge in [-0.05, 0) is 24.1 Å². The normalized spacial score (nSPS) is 10.3. The van der Waals surface area contributed by atoms with Crippen molar-refractivity contribution in [2.24, 2.45) is 0 Å². The van der Waals surface area contributed by atoms with E-state index in [9.17, 15) is 14.9 Å². The van der Waals surface area contributed by atoms with Crippen LogP contribution in [0.3, 0.4) is 0 Å². The molecule has 1 N–H and O–H groups in total. The van der Waals surface area contributed by atoms with Crippen LogP contribution >= 0.6 is 23.2 Å². The maximum atomic E-state index is 12.2. The predicted molar refractivity (Wildman–Crippen MR) is 94.9 cm³/mol. The number of halogens is 2. The summed E-state index contributed by atoms with van der Waals surface area (Å²) in [4.78, 5) is 23.8. The number of non-ortho nitro benzene ring substituents is 1. The number of nitrogens with one attached hydrogen (secondary N) is 1. The fourth-order valence-corrected chi connectivity index (χ4v) is 2.34. The molecule has 2 amide bonds. The number of likely N-dealkylation sites (N-methyl/N-ethyl adjacent to an activating group) is 1. The average Bonchev–Trinajstić information content (AvgIpc) is 2.57. The molecule has 2 aromatic carbocycles. The van der Waals surface area contributed by atoms with E-state index in [0.717, 1.165) is 5.56 Å². The number of hydrogen-bond donors (Lipinski definition) is 1. The number of rotatable bonds is 5. The number of benzene rings is 2. The molecule has 0 saturated carbocycles. The highest BCUT2D eigenvalue weighted by atomic mass is 35.5. The summed E-state index contributed by atoms with van der Waals surface area (Å²) in [6.07, 6.45) is 0.575. The van der Waals surface area contributed by atoms with E-state index in [1.54, 1.807) is 37.4 Å². The number of nitro groups is 1. The summed E-state index contributed by atoms with van der Waals surface area (Å²) < 4.78 is 0. The van der Waals surface area contributed by atoms with Crippen molar-refractivity contribution < 1.29 is 9.72 Å². The molecule has 0 saturated heterocycles. The lowest BCUT2D eigenvalue weighted by molar-refractivity contribution is -0.384. The van der Waals surface area contributed by atoms with Gasteiger partial charge in [0.15, 0.2) is 0 Å². The summed E-state index contributed by atoms with van der Waals surface area (Å²) in [7, 11) is 1.65. The molecule has 0 spiro atoms. The van der Waals surface area contributed by atoms with E-state index < -0.39 is 4.92 Å². The summed E-state index contributed by atoms with van der Waals surface area (Å²) in [6.45, 7) is 0.446. The van der Waals surface area contributed by atoms with Gasteiger partial charge in [-0.15, -0.1) is 0 Å². The molecule has 0 unspecified atom stereocenters. The minimum absolute atomic E-state index is 0.0421. The van der Waals surface area contributed by atoms with E-state index in [1.807, 2.05) is 0 Å². The maximum Gasteiger partial charge on any atom is 0.321 e. The third kappa shape index (κ3) is 4.59. The molecule has 0 aromatic heterocycles. The van der Waals surface area contributed by atoms with Crippen LogP contribution in [0.15, 0.2) is 42.5 Å². The third-order valence-electron chi connectivity index (χ3n) is 3.42. The second-order valence-corrected chi connectivity index (χ2v) is 5.91. The quantitative estimate of drug-likeness (QED) is 0.619. The van der Waals surface area contributed by atoms with Crippen LogP contribution in [0.2, 0.25) is 10.0 Å². The highest BCUT2D eigenvalue weighted by molar-refractivity contribution is 6.43. The summed E-state index contributed by atoms with van der Waals surface area (Å²) in [5.74, 6) is 0. The number of nitrogens with zero attached hydrogens (tertiary/aromatic N) is 2. The Kier molecular flexibility index (Phi) is 6.00. The molecule has 0 bridgehead atoms. The Morgan fingerprint density at radius 3 is 2.50 bits per heavy atom. The second-order valence-electron chi connectivity index (χ2n) is 5.13. The van der Waals surface area contributed by atoms with Crippen LogP contribution in [-0.2, 0) is 6.42 Å². The molecule has 6 nitrogen and oxygen atoms in total. The van der Waals surface area contributed by atoms with Crippen molar-refractivity contribution in [3.63, 3.8) is 0 Å². The van der Waals surface area contributed by atoms with E-state index in [-0.39, 0.29) is 16.7 Å². The fourth-order valence-electron chi connectivity index (χ4n) is 1.99. The number of nitro benzene ring substituents is 1. The van der Waals surface area contributed by atoms with E-state index in [2.05, 4.69) is 5.32 Å². The molecule has 0 aliphatic carbocycles. The smallest absolute Gasteiger partial charge is 0.321 e. The van der Waals surface area contributed by atoms with Gasteiger partial charge in [0.2, 0.25) is 0 Å². The van der Waals surface area contributed by atoms with Gasteiger partial charge in [0, 0.05) is 25.7 Å². The van der Waals surface area contributed by atoms with E-state index >= 15 is 0 Å². The van der Waals surface area contributed by atoms with Crippen LogP contribution in [0, 0.1) is 10.1 Å². The Bertz CT molecular complexity index is 751. The number of amides is 2. The topological polar surface area (TPSA) is 75.5 Å². The number of carbonyl (C=O) groups excluding carboxylic acids is 1. The molecule has 0 heterocycles. The van der Waals surface area contributed by atoms with Gasteiger partial charge >= 0.3 is 6.03 Å². The molecule has 0 fully saturated rings. The van der Waals surface area contributed by atoms with E-state index in [4.69, 9.17) is 23.2 Å². The standard InChI is InChI=1S/C16H15Cl2N3O3/c1-20(10-9-11-5-7-12(8-6-11)21(23)24)16(22)19-14-4-2-3-13(17)15(14)18/h2-8H,9-10H2,1H3,(H,19,22). The van der Waals surface area contributed by atoms with Gasteiger partial charge in [0.1, 0.15) is 0 Å². The van der Waals surface area contributed by atoms with Crippen molar-refractivity contribution in [2.75, 3.05) is 18.9 Å². The van der Waals surface area contributed by atoms with Crippen molar-refractivity contribution in [1.29, 1.82) is 0 Å². The van der Waals surface area contributed by atoms with Gasteiger partial charge in [0.05, 0.1) is 20.7 Å². The molecule has 24 heavy (non-hydrogen) atoms. The Morgan fingerprint density at radius 1 is 1.21 bits per heavy atom. The minimum Gasteiger partial charge on any atom is -0.327 e. The molecule has 0 atom stereocenters. The Hall–Kier alpha value is -2.31. The first kappa shape index (κ1) is 18.0. The predicted octanol–water partition coefficient (Wildman–Crippen LogP) is 4.61. The van der Waals surface area contributed by atoms with Gasteiger partial charge in [-0.25, -0.2) is 4.79 Å². The second kappa shape index (κ2) is 7.99. The van der Waals surface area contributed by atoms with Gasteiger partial charge in [-0.1, -0.05) is 41.4 Å². The molecule has 8 heteroatoms. The minimum atomic E-state index is -0.446. The van der Waals surface area contributed by atoms with Gasteiger partial charge < -0.3 is 10.2 Å². The number of urea groups is 1. The lowest BCUT2D eigenvalue weighted by atomic mass is 10.1. The van der Waals surface area contributed by atoms with Crippen LogP contribution in [0.1, 0.15) is 5.56 Å². The molecule has 2 aromatic rings. The van der Waals surface area contributed by atoms with Crippen LogP contribution in [0.5, 0.6) is 0 Å². The molecule has 0 radical (unpaired) electrons. The van der Waals surface area contributed by atoms with Gasteiger partial charge in [-0.3, -0.25) is 10.1 Å². The molecule has 2 rings (SSSR count). The largest absolute Gasteiger partial charge is 0.327 e. The van der Waals surface area contributed by atoms with E-state index in [0.29, 0.717) is 23.7 Å².